The average Bonchev–Trinajstić information content (AvgIpc) is 2.89. The Morgan fingerprint density at radius 2 is 2.25 bits per heavy atom. The van der Waals surface area contributed by atoms with Crippen molar-refractivity contribution in [3.8, 4) is 0 Å². The lowest BCUT2D eigenvalue weighted by molar-refractivity contribution is 0.452. The quantitative estimate of drug-likeness (QED) is 0.740. The summed E-state index contributed by atoms with van der Waals surface area (Å²) in [5.41, 5.74) is 0. The van der Waals surface area contributed by atoms with E-state index >= 15 is 0 Å². The maximum atomic E-state index is 11.9. The van der Waals surface area contributed by atoms with Gasteiger partial charge in [-0.05, 0) is 0 Å². The molecular formula is C7H10N6O2S. The molecule has 0 fully saturated rings. The fraction of sp³-hybridized carbons (Fsp3) is 0.286. The van der Waals surface area contributed by atoms with Crippen LogP contribution < -0.4 is 0 Å². The first-order chi connectivity index (χ1) is 7.60. The summed E-state index contributed by atoms with van der Waals surface area (Å²) in [6, 6.07) is 0. The van der Waals surface area contributed by atoms with Gasteiger partial charge in [0, 0.05) is 19.4 Å². The molecule has 0 saturated carbocycles. The first-order valence-corrected chi connectivity index (χ1v) is 5.84. The highest BCUT2D eigenvalue weighted by Crippen LogP contribution is 2.10. The first-order valence-electron chi connectivity index (χ1n) is 4.40. The molecule has 2 aromatic heterocycles. The third-order valence-corrected chi connectivity index (χ3v) is 3.63. The Morgan fingerprint density at radius 3 is 2.81 bits per heavy atom. The van der Waals surface area contributed by atoms with E-state index in [1.165, 1.54) is 25.8 Å². The zero-order chi connectivity index (χ0) is 11.6. The van der Waals surface area contributed by atoms with Crippen LogP contribution in [0, 0.1) is 0 Å². The number of nitrogens with one attached hydrogen (secondary N) is 2. The Labute approximate surface area is 91.8 Å². The van der Waals surface area contributed by atoms with Crippen LogP contribution in [-0.4, -0.2) is 44.9 Å². The van der Waals surface area contributed by atoms with Gasteiger partial charge >= 0.3 is 0 Å². The number of rotatable bonds is 4. The smallest absolute Gasteiger partial charge is 0.276 e. The molecule has 0 aliphatic carbocycles. The van der Waals surface area contributed by atoms with Crippen molar-refractivity contribution in [2.45, 2.75) is 11.7 Å². The summed E-state index contributed by atoms with van der Waals surface area (Å²) < 4.78 is 24.9. The monoisotopic (exact) mass is 242 g/mol. The molecule has 0 aliphatic rings. The van der Waals surface area contributed by atoms with Gasteiger partial charge in [-0.1, -0.05) is 0 Å². The zero-order valence-electron chi connectivity index (χ0n) is 8.45. The highest BCUT2D eigenvalue weighted by atomic mass is 32.2. The summed E-state index contributed by atoms with van der Waals surface area (Å²) in [6.45, 7) is 0.114. The highest BCUT2D eigenvalue weighted by molar-refractivity contribution is 7.88. The third-order valence-electron chi connectivity index (χ3n) is 1.97. The topological polar surface area (TPSA) is 108 Å². The predicted octanol–water partition coefficient (Wildman–Crippen LogP) is -0.651. The van der Waals surface area contributed by atoms with Crippen molar-refractivity contribution in [3.63, 3.8) is 0 Å². The van der Waals surface area contributed by atoms with Crippen LogP contribution in [-0.2, 0) is 16.6 Å². The number of aromatic nitrogens is 5. The molecule has 0 atom stereocenters. The lowest BCUT2D eigenvalue weighted by Crippen LogP contribution is -2.27. The van der Waals surface area contributed by atoms with E-state index in [9.17, 15) is 8.42 Å². The van der Waals surface area contributed by atoms with E-state index in [-0.39, 0.29) is 11.7 Å². The van der Waals surface area contributed by atoms with E-state index in [2.05, 4.69) is 25.1 Å². The lowest BCUT2D eigenvalue weighted by Gasteiger charge is -2.13. The van der Waals surface area contributed by atoms with E-state index in [0.29, 0.717) is 5.82 Å². The van der Waals surface area contributed by atoms with E-state index in [1.54, 1.807) is 0 Å². The predicted molar refractivity (Wildman–Crippen MR) is 53.6 cm³/mol. The van der Waals surface area contributed by atoms with E-state index in [1.807, 2.05) is 0 Å². The largest absolute Gasteiger partial charge is 0.334 e. The van der Waals surface area contributed by atoms with Crippen molar-refractivity contribution in [1.82, 2.24) is 29.5 Å². The molecular weight excluding hydrogens is 232 g/mol. The molecule has 2 rings (SSSR count). The summed E-state index contributed by atoms with van der Waals surface area (Å²) >= 11 is 0. The van der Waals surface area contributed by atoms with Crippen LogP contribution in [0.5, 0.6) is 0 Å². The Morgan fingerprint density at radius 1 is 1.44 bits per heavy atom. The zero-order valence-corrected chi connectivity index (χ0v) is 9.27. The van der Waals surface area contributed by atoms with E-state index < -0.39 is 10.0 Å². The molecule has 9 heteroatoms. The van der Waals surface area contributed by atoms with Gasteiger partial charge in [0.25, 0.3) is 10.0 Å². The summed E-state index contributed by atoms with van der Waals surface area (Å²) in [4.78, 5) is 10.1. The third kappa shape index (κ3) is 1.95. The highest BCUT2D eigenvalue weighted by Gasteiger charge is 2.23. The van der Waals surface area contributed by atoms with Crippen molar-refractivity contribution in [2.75, 3.05) is 7.05 Å². The number of imidazole rings is 1. The number of sulfonamides is 1. The maximum Gasteiger partial charge on any atom is 0.276 e. The summed E-state index contributed by atoms with van der Waals surface area (Å²) in [7, 11) is -2.15. The second-order valence-corrected chi connectivity index (χ2v) is 5.05. The first kappa shape index (κ1) is 10.8. The van der Waals surface area contributed by atoms with Gasteiger partial charge in [0.15, 0.2) is 0 Å². The Hall–Kier alpha value is -1.74. The molecule has 0 amide bonds. The van der Waals surface area contributed by atoms with Crippen LogP contribution in [0.2, 0.25) is 0 Å². The van der Waals surface area contributed by atoms with Gasteiger partial charge in [0.1, 0.15) is 12.2 Å². The molecule has 2 aromatic rings. The van der Waals surface area contributed by atoms with Crippen LogP contribution in [0.25, 0.3) is 0 Å². The van der Waals surface area contributed by atoms with Gasteiger partial charge in [-0.2, -0.15) is 9.40 Å². The number of aromatic amines is 2. The molecule has 16 heavy (non-hydrogen) atoms. The Balaban J connectivity index is 2.19. The summed E-state index contributed by atoms with van der Waals surface area (Å²) in [5, 5.41) is 6.14. The molecule has 0 spiro atoms. The van der Waals surface area contributed by atoms with Crippen molar-refractivity contribution in [2.24, 2.45) is 0 Å². The van der Waals surface area contributed by atoms with Crippen LogP contribution in [0.3, 0.4) is 0 Å². The van der Waals surface area contributed by atoms with Crippen LogP contribution in [0.15, 0.2) is 23.9 Å². The number of hydrogen-bond acceptors (Lipinski definition) is 5. The van der Waals surface area contributed by atoms with E-state index in [0.717, 1.165) is 4.31 Å². The van der Waals surface area contributed by atoms with Crippen molar-refractivity contribution < 1.29 is 8.42 Å². The number of nitrogens with zero attached hydrogens (tertiary/aromatic N) is 4. The van der Waals surface area contributed by atoms with Crippen LogP contribution >= 0.6 is 0 Å². The molecule has 0 aliphatic heterocycles. The maximum absolute atomic E-state index is 11.9. The minimum absolute atomic E-state index is 0.0884. The lowest BCUT2D eigenvalue weighted by atomic mass is 10.6. The van der Waals surface area contributed by atoms with Crippen molar-refractivity contribution in [3.05, 3.63) is 24.5 Å². The van der Waals surface area contributed by atoms with Crippen molar-refractivity contribution >= 4 is 10.0 Å². The normalized spacial score (nSPS) is 12.1. The van der Waals surface area contributed by atoms with Gasteiger partial charge in [-0.15, -0.1) is 0 Å². The van der Waals surface area contributed by atoms with Gasteiger partial charge in [0.2, 0.25) is 5.16 Å². The summed E-state index contributed by atoms with van der Waals surface area (Å²) in [6.07, 6.45) is 4.16. The molecule has 2 heterocycles. The molecule has 0 radical (unpaired) electrons. The van der Waals surface area contributed by atoms with E-state index in [4.69, 9.17) is 0 Å². The average molecular weight is 242 g/mol. The molecule has 0 bridgehead atoms. The Bertz CT molecular complexity index is 531. The fourth-order valence-corrected chi connectivity index (χ4v) is 2.14. The fourth-order valence-electron chi connectivity index (χ4n) is 1.14. The van der Waals surface area contributed by atoms with Gasteiger partial charge in [-0.3, -0.25) is 5.10 Å². The second kappa shape index (κ2) is 4.02. The Kier molecular flexibility index (Phi) is 2.71. The number of hydrogen-bond donors (Lipinski definition) is 2. The molecule has 0 aromatic carbocycles. The standard InChI is InChI=1S/C7H10N6O2S/c1-13(4-6-10-5-11-12-6)16(14,15)7-8-2-3-9-7/h2-3,5H,4H2,1H3,(H,8,9)(H,10,11,12). The van der Waals surface area contributed by atoms with Crippen LogP contribution in [0.1, 0.15) is 5.82 Å². The van der Waals surface area contributed by atoms with Gasteiger partial charge in [-0.25, -0.2) is 18.4 Å². The molecule has 86 valence electrons. The molecule has 0 unspecified atom stereocenters. The minimum Gasteiger partial charge on any atom is -0.334 e. The van der Waals surface area contributed by atoms with Gasteiger partial charge in [0.05, 0.1) is 6.54 Å². The number of H-pyrrole nitrogens is 2. The van der Waals surface area contributed by atoms with Gasteiger partial charge < -0.3 is 4.98 Å². The SMILES string of the molecule is CN(Cc1ncn[nH]1)S(=O)(=O)c1ncc[nH]1. The summed E-state index contributed by atoms with van der Waals surface area (Å²) in [5.74, 6) is 0.470. The van der Waals surface area contributed by atoms with Crippen LogP contribution in [0.4, 0.5) is 0 Å². The molecule has 2 N–H and O–H groups in total. The van der Waals surface area contributed by atoms with Crippen molar-refractivity contribution in [1.29, 1.82) is 0 Å². The minimum atomic E-state index is -3.59. The molecule has 0 saturated heterocycles. The molecule has 8 nitrogen and oxygen atoms in total. The second-order valence-electron chi connectivity index (χ2n) is 3.09.